The molecule has 2 aliphatic rings. The second kappa shape index (κ2) is 29.8. The van der Waals surface area contributed by atoms with E-state index in [4.69, 9.17) is 32.1 Å². The molecule has 0 saturated carbocycles. The third kappa shape index (κ3) is 13.1. The first kappa shape index (κ1) is 62.3. The van der Waals surface area contributed by atoms with Crippen molar-refractivity contribution in [2.24, 2.45) is 0 Å². The van der Waals surface area contributed by atoms with E-state index < -0.39 is 10.8 Å². The first-order valence-electron chi connectivity index (χ1n) is 32.7. The van der Waals surface area contributed by atoms with Gasteiger partial charge in [-0.2, -0.15) is 9.69 Å². The third-order valence-electron chi connectivity index (χ3n) is 17.7. The van der Waals surface area contributed by atoms with Gasteiger partial charge in [0.1, 0.15) is 41.1 Å². The Morgan fingerprint density at radius 1 is 0.393 bits per heavy atom. The largest absolute Gasteiger partial charge is 0.520 e. The summed E-state index contributed by atoms with van der Waals surface area (Å²) in [6.07, 6.45) is 19.9. The van der Waals surface area contributed by atoms with E-state index in [1.54, 1.807) is 17.4 Å². The SMILES string of the molecule is [C-]#[N+]C(=Cc1cc2c(s1)-c1cc3c(cc1C2(c1ccc(OCCCCCC)cc1)c1ccc(OCCCCCC)cc1)-c1sc(N(c2ccccc2)c2ccccc2)cc1C3(c1ccc(OCCCCCC)cc1)c1ccc(OCCCCCC)cc1)[N+]#[C-]. The molecule has 0 amide bonds. The van der Waals surface area contributed by atoms with Crippen LogP contribution >= 0.6 is 22.7 Å². The predicted molar refractivity (Wildman–Crippen MR) is 371 cm³/mol. The molecule has 2 heterocycles. The number of nitrogens with zero attached hydrogens (tertiary/aromatic N) is 3. The molecule has 454 valence electrons. The number of hydrogen-bond donors (Lipinski definition) is 0. The number of hydrogen-bond acceptors (Lipinski definition) is 7. The Labute approximate surface area is 537 Å². The van der Waals surface area contributed by atoms with Gasteiger partial charge in [-0.3, -0.25) is 0 Å². The molecule has 0 spiro atoms. The average Bonchev–Trinajstić information content (AvgIpc) is 1.64. The summed E-state index contributed by atoms with van der Waals surface area (Å²) in [5.74, 6) is 3.44. The Hall–Kier alpha value is -8.34. The van der Waals surface area contributed by atoms with Crippen molar-refractivity contribution in [2.45, 2.75) is 141 Å². The third-order valence-corrected chi connectivity index (χ3v) is 20.0. The normalized spacial score (nSPS) is 12.9. The van der Waals surface area contributed by atoms with Crippen LogP contribution in [0, 0.1) is 13.1 Å². The van der Waals surface area contributed by atoms with Crippen LogP contribution in [0.5, 0.6) is 23.0 Å². The number of fused-ring (bicyclic) bond motifs is 6. The van der Waals surface area contributed by atoms with Crippen molar-refractivity contribution >= 4 is 45.1 Å². The van der Waals surface area contributed by atoms with Crippen molar-refractivity contribution in [3.05, 3.63) is 260 Å². The molecule has 0 aliphatic heterocycles. The van der Waals surface area contributed by atoms with E-state index in [0.717, 1.165) is 134 Å². The van der Waals surface area contributed by atoms with Gasteiger partial charge < -0.3 is 23.8 Å². The molecular formula is C80H83N3O4S2. The van der Waals surface area contributed by atoms with Crippen LogP contribution < -0.4 is 23.8 Å². The molecule has 11 rings (SSSR count). The number of rotatable bonds is 32. The van der Waals surface area contributed by atoms with Crippen LogP contribution in [-0.4, -0.2) is 26.4 Å². The van der Waals surface area contributed by atoms with Gasteiger partial charge in [0.25, 0.3) is 0 Å². The number of ether oxygens (including phenoxy) is 4. The van der Waals surface area contributed by atoms with Crippen LogP contribution in [0.15, 0.2) is 188 Å². The van der Waals surface area contributed by atoms with E-state index >= 15 is 0 Å². The Morgan fingerprint density at radius 3 is 1.07 bits per heavy atom. The molecule has 9 aromatic rings. The molecule has 89 heavy (non-hydrogen) atoms. The second-order valence-electron chi connectivity index (χ2n) is 23.6. The van der Waals surface area contributed by atoms with Crippen molar-refractivity contribution in [3.63, 3.8) is 0 Å². The Bertz CT molecular complexity index is 3700. The topological polar surface area (TPSA) is 48.9 Å². The van der Waals surface area contributed by atoms with Crippen molar-refractivity contribution in [2.75, 3.05) is 31.3 Å². The zero-order valence-corrected chi connectivity index (χ0v) is 54.0. The highest BCUT2D eigenvalue weighted by Gasteiger charge is 2.53. The molecule has 7 nitrogen and oxygen atoms in total. The van der Waals surface area contributed by atoms with Crippen LogP contribution in [-0.2, 0) is 10.8 Å². The highest BCUT2D eigenvalue weighted by molar-refractivity contribution is 7.20. The van der Waals surface area contributed by atoms with E-state index in [9.17, 15) is 0 Å². The summed E-state index contributed by atoms with van der Waals surface area (Å²) < 4.78 is 26.0. The van der Waals surface area contributed by atoms with Gasteiger partial charge in [-0.05, 0) is 178 Å². The molecule has 0 unspecified atom stereocenters. The van der Waals surface area contributed by atoms with Gasteiger partial charge in [0.15, 0.2) is 0 Å². The van der Waals surface area contributed by atoms with Crippen molar-refractivity contribution in [1.82, 2.24) is 0 Å². The molecule has 0 saturated heterocycles. The monoisotopic (exact) mass is 1210 g/mol. The second-order valence-corrected chi connectivity index (χ2v) is 25.7. The number of benzene rings is 7. The smallest absolute Gasteiger partial charge is 0.494 e. The summed E-state index contributed by atoms with van der Waals surface area (Å²) >= 11 is 3.50. The Balaban J connectivity index is 1.18. The van der Waals surface area contributed by atoms with E-state index in [1.165, 1.54) is 78.5 Å². The Kier molecular flexibility index (Phi) is 20.8. The zero-order valence-electron chi connectivity index (χ0n) is 52.3. The molecule has 0 N–H and O–H groups in total. The van der Waals surface area contributed by atoms with Gasteiger partial charge in [0.05, 0.1) is 37.3 Å². The van der Waals surface area contributed by atoms with Crippen molar-refractivity contribution in [1.29, 1.82) is 0 Å². The summed E-state index contributed by atoms with van der Waals surface area (Å²) in [4.78, 5) is 12.9. The minimum absolute atomic E-state index is 0.0339. The first-order valence-corrected chi connectivity index (χ1v) is 34.3. The molecule has 0 radical (unpaired) electrons. The quantitative estimate of drug-likeness (QED) is 0.0311. The highest BCUT2D eigenvalue weighted by atomic mass is 32.1. The Morgan fingerprint density at radius 2 is 0.730 bits per heavy atom. The van der Waals surface area contributed by atoms with Crippen molar-refractivity contribution < 1.29 is 18.9 Å². The van der Waals surface area contributed by atoms with Crippen LogP contribution in [0.4, 0.5) is 16.4 Å². The summed E-state index contributed by atoms with van der Waals surface area (Å²) in [5.41, 5.74) is 11.9. The standard InChI is InChI=1S/C80H83N3O4S2/c1-7-11-15-25-49-84-64-41-33-58(34-42-64)79(59-35-43-65(44-36-59)85-50-26-16-12-8-2)71-56-70-72(55-69(71)77-73(79)53-68(88-77)54-75(81-5)82-6)80(60-37-45-66(46-38-60)86-51-27-17-13-9-3,61-39-47-67(48-40-61)87-52-28-18-14-10-4)74-57-76(89-78(70)74)83(62-29-21-19-22-30-62)63-31-23-20-24-32-63/h19-24,29-48,53-57H,7-18,25-28,49-52H2,1-4H3. The fourth-order valence-corrected chi connectivity index (χ4v) is 15.7. The lowest BCUT2D eigenvalue weighted by atomic mass is 9.66. The number of anilines is 3. The number of thiophene rings is 2. The summed E-state index contributed by atoms with van der Waals surface area (Å²) in [5, 5.41) is 1.11. The average molecular weight is 1210 g/mol. The lowest BCUT2D eigenvalue weighted by Crippen LogP contribution is -2.30. The van der Waals surface area contributed by atoms with E-state index in [2.05, 4.69) is 224 Å². The van der Waals surface area contributed by atoms with Gasteiger partial charge in [0.2, 0.25) is 0 Å². The molecule has 9 heteroatoms. The van der Waals surface area contributed by atoms with E-state index in [1.807, 2.05) is 11.3 Å². The van der Waals surface area contributed by atoms with Crippen molar-refractivity contribution in [3.8, 4) is 43.9 Å². The lowest BCUT2D eigenvalue weighted by Gasteiger charge is -2.36. The maximum atomic E-state index is 8.02. The first-order chi connectivity index (χ1) is 43.9. The minimum atomic E-state index is -0.851. The van der Waals surface area contributed by atoms with E-state index in [0.29, 0.717) is 26.4 Å². The van der Waals surface area contributed by atoms with Crippen LogP contribution in [0.25, 0.3) is 36.6 Å². The molecule has 2 aromatic heterocycles. The summed E-state index contributed by atoms with van der Waals surface area (Å²) in [6.45, 7) is 27.7. The van der Waals surface area contributed by atoms with Gasteiger partial charge >= 0.3 is 5.82 Å². The zero-order chi connectivity index (χ0) is 61.4. The predicted octanol–water partition coefficient (Wildman–Crippen LogP) is 23.0. The minimum Gasteiger partial charge on any atom is -0.494 e. The summed E-state index contributed by atoms with van der Waals surface area (Å²) in [7, 11) is 0. The fraction of sp³-hybridized carbons (Fsp3) is 0.325. The van der Waals surface area contributed by atoms with Gasteiger partial charge in [-0.1, -0.05) is 190 Å². The molecule has 7 aromatic carbocycles. The van der Waals surface area contributed by atoms with Gasteiger partial charge in [-0.15, -0.1) is 22.7 Å². The fourth-order valence-electron chi connectivity index (χ4n) is 13.2. The molecule has 0 atom stereocenters. The van der Waals surface area contributed by atoms with Crippen LogP contribution in [0.2, 0.25) is 0 Å². The maximum Gasteiger partial charge on any atom is 0.520 e. The maximum absolute atomic E-state index is 8.02. The molecular weight excluding hydrogens is 1130 g/mol. The van der Waals surface area contributed by atoms with Gasteiger partial charge in [0, 0.05) is 32.1 Å². The number of para-hydroxylation sites is 2. The number of unbranched alkanes of at least 4 members (excludes halogenated alkanes) is 12. The van der Waals surface area contributed by atoms with E-state index in [-0.39, 0.29) is 5.82 Å². The van der Waals surface area contributed by atoms with Gasteiger partial charge in [-0.25, -0.2) is 0 Å². The summed E-state index contributed by atoms with van der Waals surface area (Å²) in [6, 6.07) is 66.8. The molecule has 0 fully saturated rings. The molecule has 0 bridgehead atoms. The molecule has 2 aliphatic carbocycles. The van der Waals surface area contributed by atoms with Crippen LogP contribution in [0.3, 0.4) is 0 Å². The highest BCUT2D eigenvalue weighted by Crippen LogP contribution is 2.66. The lowest BCUT2D eigenvalue weighted by molar-refractivity contribution is 0.304. The van der Waals surface area contributed by atoms with Crippen LogP contribution in [0.1, 0.15) is 180 Å².